The summed E-state index contributed by atoms with van der Waals surface area (Å²) in [6.07, 6.45) is 1.79. The summed E-state index contributed by atoms with van der Waals surface area (Å²) in [5, 5.41) is 12.2. The van der Waals surface area contributed by atoms with Crippen molar-refractivity contribution in [1.82, 2.24) is 5.32 Å². The first kappa shape index (κ1) is 21.4. The van der Waals surface area contributed by atoms with Crippen LogP contribution in [0.3, 0.4) is 0 Å². The van der Waals surface area contributed by atoms with Crippen molar-refractivity contribution in [2.75, 3.05) is 13.2 Å². The van der Waals surface area contributed by atoms with E-state index in [0.717, 1.165) is 29.5 Å². The van der Waals surface area contributed by atoms with Gasteiger partial charge >= 0.3 is 0 Å². The molecule has 0 radical (unpaired) electrons. The predicted octanol–water partition coefficient (Wildman–Crippen LogP) is 4.52. The van der Waals surface area contributed by atoms with E-state index in [0.29, 0.717) is 12.1 Å². The summed E-state index contributed by atoms with van der Waals surface area (Å²) in [6.45, 7) is 9.99. The van der Waals surface area contributed by atoms with Gasteiger partial charge in [-0.25, -0.2) is 0 Å². The minimum Gasteiger partial charge on any atom is -0.395 e. The topological polar surface area (TPSA) is 66.4 Å². The highest BCUT2D eigenvalue weighted by Gasteiger charge is 2.41. The van der Waals surface area contributed by atoms with Gasteiger partial charge in [0.15, 0.2) is 11.6 Å². The molecule has 2 aromatic carbocycles. The molecule has 0 saturated carbocycles. The van der Waals surface area contributed by atoms with Crippen molar-refractivity contribution in [3.8, 4) is 11.1 Å². The highest BCUT2D eigenvalue weighted by molar-refractivity contribution is 6.04. The highest BCUT2D eigenvalue weighted by atomic mass is 16.3. The van der Waals surface area contributed by atoms with Crippen LogP contribution < -0.4 is 5.32 Å². The molecular formula is C25H31NO3. The first-order valence-corrected chi connectivity index (χ1v) is 10.4. The number of Topliss-reactive ketones (excluding diaryl/α,β-unsaturated/α-hetero) is 2. The number of nitrogens with one attached hydrogen (secondary N) is 1. The molecule has 3 rings (SSSR count). The number of aliphatic hydroxyl groups is 1. The molecule has 0 unspecified atom stereocenters. The summed E-state index contributed by atoms with van der Waals surface area (Å²) in [5.74, 6) is 0.0765. The third kappa shape index (κ3) is 3.45. The lowest BCUT2D eigenvalue weighted by molar-refractivity contribution is 0.0876. The number of hydrogen-bond donors (Lipinski definition) is 2. The Balaban J connectivity index is 2.13. The van der Waals surface area contributed by atoms with Crippen molar-refractivity contribution in [3.63, 3.8) is 0 Å². The van der Waals surface area contributed by atoms with E-state index in [9.17, 15) is 9.59 Å². The number of rotatable bonds is 8. The predicted molar refractivity (Wildman–Crippen MR) is 117 cm³/mol. The lowest BCUT2D eigenvalue weighted by Gasteiger charge is -2.31. The van der Waals surface area contributed by atoms with Gasteiger partial charge in [-0.1, -0.05) is 38.1 Å². The van der Waals surface area contributed by atoms with Crippen LogP contribution in [-0.4, -0.2) is 35.4 Å². The van der Waals surface area contributed by atoms with Crippen molar-refractivity contribution in [2.24, 2.45) is 0 Å². The SMILES string of the molecule is CCC1(CC)c2cc(C(C)=O)ccc2-c2ccc(C(=O)C(C)(C)NCCO)cc21. The van der Waals surface area contributed by atoms with Gasteiger partial charge in [0, 0.05) is 23.1 Å². The molecule has 0 saturated heterocycles. The first-order chi connectivity index (χ1) is 13.7. The zero-order valence-corrected chi connectivity index (χ0v) is 18.1. The number of carbonyl (C=O) groups excluding carboxylic acids is 2. The molecule has 4 heteroatoms. The van der Waals surface area contributed by atoms with Crippen LogP contribution in [0.1, 0.15) is 79.3 Å². The van der Waals surface area contributed by atoms with Crippen LogP contribution in [0.2, 0.25) is 0 Å². The largest absolute Gasteiger partial charge is 0.395 e. The number of β-amino-alcohol motifs (C(OH)–C–C–N with tert-alkyl or cyclic N) is 1. The van der Waals surface area contributed by atoms with E-state index < -0.39 is 5.54 Å². The Bertz CT molecular complexity index is 955. The van der Waals surface area contributed by atoms with Crippen molar-refractivity contribution in [2.45, 2.75) is 58.4 Å². The van der Waals surface area contributed by atoms with Crippen molar-refractivity contribution in [3.05, 3.63) is 58.7 Å². The molecule has 2 aromatic rings. The van der Waals surface area contributed by atoms with Crippen LogP contribution in [-0.2, 0) is 5.41 Å². The summed E-state index contributed by atoms with van der Waals surface area (Å²) >= 11 is 0. The summed E-state index contributed by atoms with van der Waals surface area (Å²) < 4.78 is 0. The maximum atomic E-state index is 13.2. The molecule has 0 fully saturated rings. The van der Waals surface area contributed by atoms with Gasteiger partial charge in [-0.15, -0.1) is 0 Å². The van der Waals surface area contributed by atoms with Crippen molar-refractivity contribution < 1.29 is 14.7 Å². The maximum Gasteiger partial charge on any atom is 0.182 e. The molecule has 0 spiro atoms. The molecular weight excluding hydrogens is 362 g/mol. The van der Waals surface area contributed by atoms with Gasteiger partial charge in [0.1, 0.15) is 0 Å². The van der Waals surface area contributed by atoms with Crippen LogP contribution >= 0.6 is 0 Å². The fourth-order valence-electron chi connectivity index (χ4n) is 4.68. The molecule has 154 valence electrons. The second-order valence-electron chi connectivity index (χ2n) is 8.47. The number of benzene rings is 2. The average Bonchev–Trinajstić information content (AvgIpc) is 3.00. The lowest BCUT2D eigenvalue weighted by atomic mass is 9.73. The quantitative estimate of drug-likeness (QED) is 0.647. The van der Waals surface area contributed by atoms with Crippen LogP contribution in [0, 0.1) is 0 Å². The van der Waals surface area contributed by atoms with Crippen LogP contribution in [0.15, 0.2) is 36.4 Å². The molecule has 1 aliphatic carbocycles. The molecule has 0 aliphatic heterocycles. The minimum atomic E-state index is -0.759. The number of carbonyl (C=O) groups is 2. The van der Waals surface area contributed by atoms with E-state index >= 15 is 0 Å². The van der Waals surface area contributed by atoms with Gasteiger partial charge in [0.25, 0.3) is 0 Å². The minimum absolute atomic E-state index is 0.00948. The summed E-state index contributed by atoms with van der Waals surface area (Å²) in [4.78, 5) is 25.2. The van der Waals surface area contributed by atoms with E-state index in [1.54, 1.807) is 6.92 Å². The zero-order chi connectivity index (χ0) is 21.4. The van der Waals surface area contributed by atoms with E-state index in [1.807, 2.05) is 50.2 Å². The monoisotopic (exact) mass is 393 g/mol. The molecule has 4 nitrogen and oxygen atoms in total. The molecule has 0 bridgehead atoms. The number of aliphatic hydroxyl groups excluding tert-OH is 1. The Kier molecular flexibility index (Phi) is 5.79. The second kappa shape index (κ2) is 7.85. The van der Waals surface area contributed by atoms with Gasteiger partial charge < -0.3 is 10.4 Å². The molecule has 1 aliphatic rings. The third-order valence-corrected chi connectivity index (χ3v) is 6.48. The van der Waals surface area contributed by atoms with Gasteiger partial charge in [-0.2, -0.15) is 0 Å². The zero-order valence-electron chi connectivity index (χ0n) is 18.1. The van der Waals surface area contributed by atoms with E-state index in [1.165, 1.54) is 11.1 Å². The summed E-state index contributed by atoms with van der Waals surface area (Å²) in [5.41, 5.74) is 5.11. The van der Waals surface area contributed by atoms with E-state index in [4.69, 9.17) is 5.11 Å². The number of hydrogen-bond acceptors (Lipinski definition) is 4. The van der Waals surface area contributed by atoms with Crippen LogP contribution in [0.4, 0.5) is 0 Å². The van der Waals surface area contributed by atoms with Crippen LogP contribution in [0.25, 0.3) is 11.1 Å². The third-order valence-electron chi connectivity index (χ3n) is 6.48. The molecule has 0 aromatic heterocycles. The van der Waals surface area contributed by atoms with Crippen molar-refractivity contribution >= 4 is 11.6 Å². The molecule has 2 N–H and O–H groups in total. The standard InChI is InChI=1S/C25H31NO3/c1-6-25(7-2)21-14-17(16(3)28)8-10-19(21)20-11-9-18(15-22(20)25)23(29)24(4,5)26-12-13-27/h8-11,14-15,26-27H,6-7,12-13H2,1-5H3. The molecule has 0 heterocycles. The smallest absolute Gasteiger partial charge is 0.182 e. The number of fused-ring (bicyclic) bond motifs is 3. The van der Waals surface area contributed by atoms with Gasteiger partial charge in [-0.3, -0.25) is 9.59 Å². The average molecular weight is 394 g/mol. The highest BCUT2D eigenvalue weighted by Crippen LogP contribution is 2.53. The Hall–Kier alpha value is -2.30. The van der Waals surface area contributed by atoms with E-state index in [-0.39, 0.29) is 23.6 Å². The van der Waals surface area contributed by atoms with Gasteiger partial charge in [-0.05, 0) is 68.0 Å². The number of ketones is 2. The van der Waals surface area contributed by atoms with Gasteiger partial charge in [0.05, 0.1) is 12.1 Å². The van der Waals surface area contributed by atoms with Gasteiger partial charge in [0.2, 0.25) is 0 Å². The summed E-state index contributed by atoms with van der Waals surface area (Å²) in [6, 6.07) is 12.0. The van der Waals surface area contributed by atoms with Crippen LogP contribution in [0.5, 0.6) is 0 Å². The normalized spacial score (nSPS) is 14.4. The fourth-order valence-corrected chi connectivity index (χ4v) is 4.68. The Morgan fingerprint density at radius 3 is 1.97 bits per heavy atom. The summed E-state index contributed by atoms with van der Waals surface area (Å²) in [7, 11) is 0. The second-order valence-corrected chi connectivity index (χ2v) is 8.47. The van der Waals surface area contributed by atoms with Crippen molar-refractivity contribution in [1.29, 1.82) is 0 Å². The lowest BCUT2D eigenvalue weighted by Crippen LogP contribution is -2.47. The maximum absolute atomic E-state index is 13.2. The Morgan fingerprint density at radius 2 is 1.48 bits per heavy atom. The Labute approximate surface area is 173 Å². The molecule has 0 amide bonds. The van der Waals surface area contributed by atoms with E-state index in [2.05, 4.69) is 19.2 Å². The molecule has 0 atom stereocenters. The molecule has 29 heavy (non-hydrogen) atoms. The first-order valence-electron chi connectivity index (χ1n) is 10.4. The fraction of sp³-hybridized carbons (Fsp3) is 0.440. The Morgan fingerprint density at radius 1 is 0.966 bits per heavy atom.